The minimum Gasteiger partial charge on any atom is -0.321 e. The quantitative estimate of drug-likeness (QED) is 0.787. The Labute approximate surface area is 104 Å². The summed E-state index contributed by atoms with van der Waals surface area (Å²) in [5, 5.41) is 0. The average molecular weight is 255 g/mol. The lowest BCUT2D eigenvalue weighted by atomic mass is 9.90. The number of hydrogen-bond donors (Lipinski definition) is 1. The van der Waals surface area contributed by atoms with E-state index in [1.807, 2.05) is 0 Å². The number of nitrogens with two attached hydrogens (primary N) is 1. The molecule has 1 aromatic rings. The van der Waals surface area contributed by atoms with Gasteiger partial charge in [0.2, 0.25) is 0 Å². The van der Waals surface area contributed by atoms with Crippen LogP contribution in [-0.2, 0) is 6.18 Å². The minimum absolute atomic E-state index is 0.271. The highest BCUT2D eigenvalue weighted by Crippen LogP contribution is 2.32. The highest BCUT2D eigenvalue weighted by Gasteiger charge is 2.30. The topological polar surface area (TPSA) is 26.0 Å². The van der Waals surface area contributed by atoms with E-state index in [-0.39, 0.29) is 6.04 Å². The molecule has 1 aliphatic rings. The summed E-state index contributed by atoms with van der Waals surface area (Å²) in [4.78, 5) is 0. The fraction of sp³-hybridized carbons (Fsp3) is 0.429. The van der Waals surface area contributed by atoms with E-state index in [2.05, 4.69) is 6.08 Å². The molecule has 1 aromatic carbocycles. The lowest BCUT2D eigenvalue weighted by Gasteiger charge is -2.20. The molecule has 0 saturated carbocycles. The molecule has 0 amide bonds. The van der Waals surface area contributed by atoms with Crippen LogP contribution >= 0.6 is 0 Å². The van der Waals surface area contributed by atoms with Gasteiger partial charge in [-0.15, -0.1) is 0 Å². The molecule has 18 heavy (non-hydrogen) atoms. The standard InChI is InChI=1S/C14H16F3N/c15-14(16,17)12-8-6-11(7-9-12)13(18)10-4-2-1-3-5-10/h4,6-9,13H,1-3,5,18H2. The van der Waals surface area contributed by atoms with Crippen LogP contribution in [0.15, 0.2) is 35.9 Å². The van der Waals surface area contributed by atoms with E-state index in [4.69, 9.17) is 5.73 Å². The SMILES string of the molecule is NC(C1=CCCCC1)c1ccc(C(F)(F)F)cc1. The number of allylic oxidation sites excluding steroid dienone is 1. The van der Waals surface area contributed by atoms with Gasteiger partial charge < -0.3 is 5.73 Å². The van der Waals surface area contributed by atoms with E-state index in [0.717, 1.165) is 42.5 Å². The van der Waals surface area contributed by atoms with Crippen LogP contribution in [0.2, 0.25) is 0 Å². The first-order valence-corrected chi connectivity index (χ1v) is 6.10. The summed E-state index contributed by atoms with van der Waals surface area (Å²) in [5.74, 6) is 0. The third kappa shape index (κ3) is 2.93. The molecule has 0 saturated heterocycles. The zero-order chi connectivity index (χ0) is 13.2. The highest BCUT2D eigenvalue weighted by atomic mass is 19.4. The van der Waals surface area contributed by atoms with Gasteiger partial charge in [-0.1, -0.05) is 23.8 Å². The molecule has 98 valence electrons. The maximum Gasteiger partial charge on any atom is 0.416 e. The van der Waals surface area contributed by atoms with Crippen molar-refractivity contribution >= 4 is 0 Å². The maximum absolute atomic E-state index is 12.4. The first kappa shape index (κ1) is 13.1. The van der Waals surface area contributed by atoms with Crippen molar-refractivity contribution in [2.24, 2.45) is 5.73 Å². The third-order valence-electron chi connectivity index (χ3n) is 3.32. The van der Waals surface area contributed by atoms with Gasteiger partial charge in [0.25, 0.3) is 0 Å². The summed E-state index contributed by atoms with van der Waals surface area (Å²) < 4.78 is 37.3. The van der Waals surface area contributed by atoms with Crippen molar-refractivity contribution in [2.45, 2.75) is 37.9 Å². The summed E-state index contributed by atoms with van der Waals surface area (Å²) in [6, 6.07) is 4.87. The molecule has 0 bridgehead atoms. The number of hydrogen-bond acceptors (Lipinski definition) is 1. The average Bonchev–Trinajstić information content (AvgIpc) is 2.38. The zero-order valence-electron chi connectivity index (χ0n) is 10.0. The number of rotatable bonds is 2. The van der Waals surface area contributed by atoms with Crippen molar-refractivity contribution in [3.63, 3.8) is 0 Å². The second-order valence-corrected chi connectivity index (χ2v) is 4.62. The van der Waals surface area contributed by atoms with Crippen LogP contribution in [0, 0.1) is 0 Å². The highest BCUT2D eigenvalue weighted by molar-refractivity contribution is 5.32. The van der Waals surface area contributed by atoms with Crippen LogP contribution in [0.25, 0.3) is 0 Å². The van der Waals surface area contributed by atoms with Crippen molar-refractivity contribution in [2.75, 3.05) is 0 Å². The fourth-order valence-corrected chi connectivity index (χ4v) is 2.24. The molecule has 2 N–H and O–H groups in total. The Hall–Kier alpha value is -1.29. The molecule has 0 spiro atoms. The lowest BCUT2D eigenvalue weighted by Crippen LogP contribution is -2.15. The zero-order valence-corrected chi connectivity index (χ0v) is 10.0. The molecule has 1 unspecified atom stereocenters. The summed E-state index contributed by atoms with van der Waals surface area (Å²) >= 11 is 0. The molecule has 0 fully saturated rings. The number of benzene rings is 1. The van der Waals surface area contributed by atoms with Gasteiger partial charge in [0.05, 0.1) is 11.6 Å². The predicted octanol–water partition coefficient (Wildman–Crippen LogP) is 4.21. The lowest BCUT2D eigenvalue weighted by molar-refractivity contribution is -0.137. The van der Waals surface area contributed by atoms with Crippen molar-refractivity contribution in [3.8, 4) is 0 Å². The summed E-state index contributed by atoms with van der Waals surface area (Å²) in [5.41, 5.74) is 7.34. The van der Waals surface area contributed by atoms with E-state index in [9.17, 15) is 13.2 Å². The Balaban J connectivity index is 2.16. The minimum atomic E-state index is -4.28. The monoisotopic (exact) mass is 255 g/mol. The summed E-state index contributed by atoms with van der Waals surface area (Å²) in [7, 11) is 0. The van der Waals surface area contributed by atoms with Gasteiger partial charge in [-0.2, -0.15) is 13.2 Å². The first-order valence-electron chi connectivity index (χ1n) is 6.10. The molecule has 0 aliphatic heterocycles. The Kier molecular flexibility index (Phi) is 3.76. The molecule has 4 heteroatoms. The summed E-state index contributed by atoms with van der Waals surface area (Å²) in [6.45, 7) is 0. The Morgan fingerprint density at radius 2 is 1.72 bits per heavy atom. The van der Waals surface area contributed by atoms with Crippen LogP contribution in [0.3, 0.4) is 0 Å². The van der Waals surface area contributed by atoms with Gasteiger partial charge >= 0.3 is 6.18 Å². The normalized spacial score (nSPS) is 18.3. The van der Waals surface area contributed by atoms with E-state index in [1.54, 1.807) is 0 Å². The second kappa shape index (κ2) is 5.14. The van der Waals surface area contributed by atoms with Crippen LogP contribution in [0.5, 0.6) is 0 Å². The second-order valence-electron chi connectivity index (χ2n) is 4.62. The molecule has 0 heterocycles. The molecule has 1 nitrogen and oxygen atoms in total. The van der Waals surface area contributed by atoms with Gasteiger partial charge in [-0.3, -0.25) is 0 Å². The Morgan fingerprint density at radius 1 is 1.06 bits per heavy atom. The van der Waals surface area contributed by atoms with Crippen molar-refractivity contribution in [1.29, 1.82) is 0 Å². The van der Waals surface area contributed by atoms with Crippen LogP contribution in [-0.4, -0.2) is 0 Å². The molecule has 2 rings (SSSR count). The molecule has 1 atom stereocenters. The molecular formula is C14H16F3N. The van der Waals surface area contributed by atoms with Gasteiger partial charge in [0.15, 0.2) is 0 Å². The maximum atomic E-state index is 12.4. The largest absolute Gasteiger partial charge is 0.416 e. The predicted molar refractivity (Wildman–Crippen MR) is 64.9 cm³/mol. The van der Waals surface area contributed by atoms with Crippen molar-refractivity contribution in [1.82, 2.24) is 0 Å². The smallest absolute Gasteiger partial charge is 0.321 e. The molecular weight excluding hydrogens is 239 g/mol. The van der Waals surface area contributed by atoms with Crippen LogP contribution in [0.4, 0.5) is 13.2 Å². The Bertz CT molecular complexity index is 431. The van der Waals surface area contributed by atoms with Crippen molar-refractivity contribution in [3.05, 3.63) is 47.0 Å². The van der Waals surface area contributed by atoms with E-state index in [1.165, 1.54) is 18.6 Å². The molecule has 1 aliphatic carbocycles. The van der Waals surface area contributed by atoms with E-state index >= 15 is 0 Å². The fourth-order valence-electron chi connectivity index (χ4n) is 2.24. The summed E-state index contributed by atoms with van der Waals surface area (Å²) in [6.07, 6.45) is 2.08. The van der Waals surface area contributed by atoms with Gasteiger partial charge in [0.1, 0.15) is 0 Å². The molecule has 0 radical (unpaired) electrons. The first-order chi connectivity index (χ1) is 8.48. The third-order valence-corrected chi connectivity index (χ3v) is 3.32. The van der Waals surface area contributed by atoms with Crippen LogP contribution in [0.1, 0.15) is 42.9 Å². The van der Waals surface area contributed by atoms with Gasteiger partial charge in [0, 0.05) is 0 Å². The van der Waals surface area contributed by atoms with E-state index in [0.29, 0.717) is 0 Å². The number of alkyl halides is 3. The van der Waals surface area contributed by atoms with E-state index < -0.39 is 11.7 Å². The Morgan fingerprint density at radius 3 is 2.22 bits per heavy atom. The van der Waals surface area contributed by atoms with Gasteiger partial charge in [-0.05, 0) is 43.4 Å². The van der Waals surface area contributed by atoms with Crippen molar-refractivity contribution < 1.29 is 13.2 Å². The van der Waals surface area contributed by atoms with Gasteiger partial charge in [-0.25, -0.2) is 0 Å². The van der Waals surface area contributed by atoms with Crippen LogP contribution < -0.4 is 5.73 Å². The molecule has 0 aromatic heterocycles. The number of halogens is 3.